The zero-order valence-electron chi connectivity index (χ0n) is 17.9. The Kier molecular flexibility index (Phi) is 4.83. The molecule has 8 nitrogen and oxygen atoms in total. The van der Waals surface area contributed by atoms with Gasteiger partial charge in [0.2, 0.25) is 5.89 Å². The molecule has 3 aliphatic rings. The first-order valence-corrected chi connectivity index (χ1v) is 12.5. The Morgan fingerprint density at radius 2 is 2.06 bits per heavy atom. The lowest BCUT2D eigenvalue weighted by Gasteiger charge is -2.24. The zero-order valence-corrected chi connectivity index (χ0v) is 18.7. The first-order valence-electron chi connectivity index (χ1n) is 10.6. The largest absolute Gasteiger partial charge is 0.480 e. The molecular weight excluding hydrogens is 463 g/mol. The number of sulfone groups is 1. The molecule has 33 heavy (non-hydrogen) atoms. The van der Waals surface area contributed by atoms with Gasteiger partial charge in [0.1, 0.15) is 5.75 Å². The van der Waals surface area contributed by atoms with E-state index in [1.807, 2.05) is 0 Å². The average Bonchev–Trinajstić information content (AvgIpc) is 3.61. The first kappa shape index (κ1) is 22.2. The highest BCUT2D eigenvalue weighted by Crippen LogP contribution is 2.58. The number of rotatable bonds is 6. The lowest BCUT2D eigenvalue weighted by Crippen LogP contribution is -2.35. The van der Waals surface area contributed by atoms with Gasteiger partial charge in [0.15, 0.2) is 21.8 Å². The van der Waals surface area contributed by atoms with Gasteiger partial charge in [0.05, 0.1) is 15.9 Å². The molecule has 3 atom stereocenters. The van der Waals surface area contributed by atoms with Gasteiger partial charge in [-0.15, -0.1) is 0 Å². The van der Waals surface area contributed by atoms with Gasteiger partial charge >= 0.3 is 6.18 Å². The number of amides is 1. The van der Waals surface area contributed by atoms with Gasteiger partial charge in [0.25, 0.3) is 5.91 Å². The van der Waals surface area contributed by atoms with E-state index in [-0.39, 0.29) is 28.7 Å². The van der Waals surface area contributed by atoms with Crippen molar-refractivity contribution in [3.63, 3.8) is 0 Å². The van der Waals surface area contributed by atoms with Crippen LogP contribution in [0.3, 0.4) is 0 Å². The molecule has 1 amide bonds. The quantitative estimate of drug-likeness (QED) is 0.620. The van der Waals surface area contributed by atoms with E-state index in [1.165, 1.54) is 4.90 Å². The molecule has 5 rings (SSSR count). The fraction of sp³-hybridized carbons (Fsp3) is 0.571. The summed E-state index contributed by atoms with van der Waals surface area (Å²) < 4.78 is 73.6. The summed E-state index contributed by atoms with van der Waals surface area (Å²) in [7, 11) is -3.69. The Morgan fingerprint density at radius 3 is 2.70 bits per heavy atom. The molecule has 2 unspecified atom stereocenters. The minimum Gasteiger partial charge on any atom is -0.480 e. The Labute approximate surface area is 188 Å². The number of aromatic nitrogens is 2. The molecule has 2 saturated carbocycles. The van der Waals surface area contributed by atoms with Crippen molar-refractivity contribution in [1.82, 2.24) is 15.0 Å². The lowest BCUT2D eigenvalue weighted by molar-refractivity contribution is -0.189. The van der Waals surface area contributed by atoms with Crippen LogP contribution in [-0.4, -0.2) is 61.0 Å². The summed E-state index contributed by atoms with van der Waals surface area (Å²) in [6, 6.07) is 3.30. The number of piperidine rings is 1. The number of hydrogen-bond acceptors (Lipinski definition) is 7. The molecule has 3 fully saturated rings. The molecule has 0 N–H and O–H groups in total. The average molecular weight is 485 g/mol. The van der Waals surface area contributed by atoms with Gasteiger partial charge in [0, 0.05) is 25.3 Å². The Morgan fingerprint density at radius 1 is 1.33 bits per heavy atom. The van der Waals surface area contributed by atoms with Crippen LogP contribution in [-0.2, 0) is 15.3 Å². The molecule has 0 spiro atoms. The summed E-state index contributed by atoms with van der Waals surface area (Å²) >= 11 is 0. The van der Waals surface area contributed by atoms with Crippen molar-refractivity contribution in [2.75, 3.05) is 19.3 Å². The Bertz CT molecular complexity index is 1220. The van der Waals surface area contributed by atoms with E-state index in [4.69, 9.17) is 9.26 Å². The van der Waals surface area contributed by atoms with Crippen LogP contribution in [0.2, 0.25) is 0 Å². The van der Waals surface area contributed by atoms with Crippen LogP contribution < -0.4 is 4.74 Å². The molecule has 178 valence electrons. The summed E-state index contributed by atoms with van der Waals surface area (Å²) in [6.07, 6.45) is -3.04. The van der Waals surface area contributed by atoms with Crippen molar-refractivity contribution < 1.29 is 35.6 Å². The molecule has 0 radical (unpaired) electrons. The lowest BCUT2D eigenvalue weighted by atomic mass is 10.1. The summed E-state index contributed by atoms with van der Waals surface area (Å²) in [5, 5.41) is 4.12. The molecule has 0 bridgehead atoms. The van der Waals surface area contributed by atoms with E-state index < -0.39 is 33.4 Å². The number of likely N-dealkylation sites (tertiary alicyclic amines) is 1. The molecular formula is C21H22F3N3O5S. The minimum atomic E-state index is -4.65. The summed E-state index contributed by atoms with van der Waals surface area (Å²) in [5.74, 6) is 0.657. The van der Waals surface area contributed by atoms with Crippen molar-refractivity contribution in [3.8, 4) is 5.75 Å². The van der Waals surface area contributed by atoms with Crippen LogP contribution in [0, 0.1) is 5.92 Å². The standard InChI is InChI=1S/C21H22F3N3O5S/c1-11(21(22,23)24)31-16-6-5-14(33(2,29)30)7-15(16)18(28)27-9-13-8-20(13,10-27)19-25-17(32-26-19)12-3-4-12/h5-7,11-13H,3-4,8-10H2,1-2H3/t11-,13?,20?/m1/s1. The van der Waals surface area contributed by atoms with Crippen LogP contribution in [0.4, 0.5) is 13.2 Å². The maximum absolute atomic E-state index is 13.3. The normalized spacial score (nSPS) is 25.6. The maximum atomic E-state index is 13.3. The number of alkyl halides is 3. The molecule has 12 heteroatoms. The van der Waals surface area contributed by atoms with Crippen LogP contribution in [0.1, 0.15) is 54.2 Å². The third kappa shape index (κ3) is 3.98. The smallest absolute Gasteiger partial charge is 0.425 e. The monoisotopic (exact) mass is 485 g/mol. The fourth-order valence-corrected chi connectivity index (χ4v) is 5.00. The number of nitrogens with zero attached hydrogens (tertiary/aromatic N) is 3. The highest BCUT2D eigenvalue weighted by atomic mass is 32.2. The number of fused-ring (bicyclic) bond motifs is 1. The Hall–Kier alpha value is -2.63. The predicted octanol–water partition coefficient (Wildman–Crippen LogP) is 3.09. The van der Waals surface area contributed by atoms with Gasteiger partial charge in [-0.05, 0) is 50.3 Å². The van der Waals surface area contributed by atoms with E-state index in [9.17, 15) is 26.4 Å². The molecule has 1 aromatic carbocycles. The van der Waals surface area contributed by atoms with Gasteiger partial charge in [-0.2, -0.15) is 18.2 Å². The van der Waals surface area contributed by atoms with E-state index in [1.54, 1.807) is 0 Å². The molecule has 1 aromatic heterocycles. The van der Waals surface area contributed by atoms with Gasteiger partial charge in [-0.1, -0.05) is 5.16 Å². The molecule has 2 heterocycles. The summed E-state index contributed by atoms with van der Waals surface area (Å²) in [4.78, 5) is 19.2. The van der Waals surface area contributed by atoms with Crippen molar-refractivity contribution in [1.29, 1.82) is 0 Å². The van der Waals surface area contributed by atoms with E-state index in [0.29, 0.717) is 24.2 Å². The third-order valence-electron chi connectivity index (χ3n) is 6.62. The molecule has 1 saturated heterocycles. The van der Waals surface area contributed by atoms with Crippen LogP contribution >= 0.6 is 0 Å². The van der Waals surface area contributed by atoms with Crippen molar-refractivity contribution in [2.45, 2.75) is 54.7 Å². The van der Waals surface area contributed by atoms with Crippen LogP contribution in [0.25, 0.3) is 0 Å². The highest BCUT2D eigenvalue weighted by Gasteiger charge is 2.64. The van der Waals surface area contributed by atoms with Crippen molar-refractivity contribution in [3.05, 3.63) is 35.5 Å². The maximum Gasteiger partial charge on any atom is 0.425 e. The van der Waals surface area contributed by atoms with Crippen molar-refractivity contribution >= 4 is 15.7 Å². The predicted molar refractivity (Wildman–Crippen MR) is 108 cm³/mol. The second kappa shape index (κ2) is 7.18. The molecule has 2 aliphatic carbocycles. The fourth-order valence-electron chi connectivity index (χ4n) is 4.35. The summed E-state index contributed by atoms with van der Waals surface area (Å²) in [5.41, 5.74) is -0.654. The topological polar surface area (TPSA) is 103 Å². The minimum absolute atomic E-state index is 0.114. The van der Waals surface area contributed by atoms with Crippen LogP contribution in [0.15, 0.2) is 27.6 Å². The van der Waals surface area contributed by atoms with E-state index >= 15 is 0 Å². The van der Waals surface area contributed by atoms with Crippen molar-refractivity contribution in [2.24, 2.45) is 5.92 Å². The SMILES string of the molecule is C[C@@H](Oc1ccc(S(C)(=O)=O)cc1C(=O)N1CC2CC2(c2noc(C3CC3)n2)C1)C(F)(F)F. The van der Waals surface area contributed by atoms with E-state index in [0.717, 1.165) is 50.6 Å². The Balaban J connectivity index is 1.42. The number of carbonyl (C=O) groups is 1. The summed E-state index contributed by atoms with van der Waals surface area (Å²) in [6.45, 7) is 1.47. The highest BCUT2D eigenvalue weighted by molar-refractivity contribution is 7.90. The zero-order chi connectivity index (χ0) is 23.8. The molecule has 1 aliphatic heterocycles. The second-order valence-corrected chi connectivity index (χ2v) is 11.2. The van der Waals surface area contributed by atoms with Crippen LogP contribution in [0.5, 0.6) is 5.75 Å². The third-order valence-corrected chi connectivity index (χ3v) is 7.73. The number of hydrogen-bond donors (Lipinski definition) is 0. The number of carbonyl (C=O) groups excluding carboxylic acids is 1. The second-order valence-electron chi connectivity index (χ2n) is 9.21. The molecule has 2 aromatic rings. The number of ether oxygens (including phenoxy) is 1. The van der Waals surface area contributed by atoms with Gasteiger partial charge < -0.3 is 14.2 Å². The first-order chi connectivity index (χ1) is 15.4. The number of benzene rings is 1. The van der Waals surface area contributed by atoms with Gasteiger partial charge in [-0.3, -0.25) is 4.79 Å². The van der Waals surface area contributed by atoms with Gasteiger partial charge in [-0.25, -0.2) is 8.42 Å². The number of halogens is 3. The van der Waals surface area contributed by atoms with E-state index in [2.05, 4.69) is 10.1 Å².